The fraction of sp³-hybridized carbons (Fsp3) is 0.300. The number of ether oxygens (including phenoxy) is 1. The third-order valence-corrected chi connectivity index (χ3v) is 1.93. The molecule has 0 aliphatic carbocycles. The van der Waals surface area contributed by atoms with E-state index in [0.29, 0.717) is 10.8 Å². The van der Waals surface area contributed by atoms with Crippen LogP contribution in [-0.4, -0.2) is 54.8 Å². The number of benzene rings is 1. The molecule has 0 bridgehead atoms. The summed E-state index contributed by atoms with van der Waals surface area (Å²) in [4.78, 5) is 10.6. The maximum Gasteiger partial charge on any atom is 2.00 e. The maximum atomic E-state index is 10.6. The molecule has 0 radical (unpaired) electrons. The predicted molar refractivity (Wildman–Crippen MR) is 60.5 cm³/mol. The van der Waals surface area contributed by atoms with Crippen LogP contribution in [0, 0.1) is 0 Å². The van der Waals surface area contributed by atoms with E-state index in [0.717, 1.165) is 0 Å². The molecule has 0 unspecified atom stereocenters. The van der Waals surface area contributed by atoms with Crippen molar-refractivity contribution < 1.29 is 20.1 Å². The Bertz CT molecular complexity index is 337. The summed E-state index contributed by atoms with van der Waals surface area (Å²) in [6.45, 7) is 2.86. The Hall–Kier alpha value is -0.000260. The fourth-order valence-electron chi connectivity index (χ4n) is 0.839. The summed E-state index contributed by atoms with van der Waals surface area (Å²) in [6.07, 6.45) is 0. The van der Waals surface area contributed by atoms with E-state index in [1.807, 2.05) is 0 Å². The third kappa shape index (κ3) is 5.36. The van der Waals surface area contributed by atoms with Crippen molar-refractivity contribution in [3.8, 4) is 5.75 Å². The van der Waals surface area contributed by atoms with Crippen LogP contribution in [0.5, 0.6) is 5.75 Å². The van der Waals surface area contributed by atoms with Gasteiger partial charge in [-0.3, -0.25) is 0 Å². The molecule has 1 rings (SSSR count). The number of rotatable bonds is 3. The Morgan fingerprint density at radius 2 is 1.75 bits per heavy atom. The first-order valence-electron chi connectivity index (χ1n) is 4.08. The zero-order valence-corrected chi connectivity index (χ0v) is 12.1. The van der Waals surface area contributed by atoms with Gasteiger partial charge in [-0.05, 0) is 38.1 Å². The van der Waals surface area contributed by atoms with Gasteiger partial charge < -0.3 is 20.1 Å². The van der Waals surface area contributed by atoms with E-state index >= 15 is 0 Å². The van der Waals surface area contributed by atoms with E-state index in [2.05, 4.69) is 0 Å². The number of carboxylic acids is 1. The quantitative estimate of drug-likeness (QED) is 0.728. The Balaban J connectivity index is 0. The van der Waals surface area contributed by atoms with Crippen LogP contribution in [-0.2, 0) is 4.79 Å². The number of carbonyl (C=O) groups is 1. The second kappa shape index (κ2) is 7.35. The summed E-state index contributed by atoms with van der Waals surface area (Å²) in [7, 11) is 0. The number of hydrogen-bond acceptors (Lipinski definition) is 3. The molecule has 0 fully saturated rings. The molecule has 84 valence electrons. The molecule has 0 atom stereocenters. The van der Waals surface area contributed by atoms with E-state index in [-0.39, 0.29) is 43.2 Å². The topological polar surface area (TPSA) is 80.9 Å². The summed E-state index contributed by atoms with van der Waals surface area (Å²) >= 11 is 5.66. The zero-order valence-electron chi connectivity index (χ0n) is 9.12. The van der Waals surface area contributed by atoms with Crippen molar-refractivity contribution >= 4 is 55.3 Å². The van der Waals surface area contributed by atoms with Crippen molar-refractivity contribution in [3.05, 3.63) is 29.3 Å². The molecule has 1 aromatic rings. The van der Waals surface area contributed by atoms with Crippen molar-refractivity contribution in [2.45, 2.75) is 19.4 Å². The average molecular weight is 272 g/mol. The van der Waals surface area contributed by atoms with Crippen LogP contribution in [0.15, 0.2) is 24.3 Å². The van der Waals surface area contributed by atoms with Crippen LogP contribution in [0.2, 0.25) is 5.02 Å². The number of carbonyl (C=O) groups excluding carboxylic acids is 1. The number of aliphatic carboxylic acids is 1. The molecular formula is C10H12CaClO4+. The van der Waals surface area contributed by atoms with Crippen molar-refractivity contribution in [1.82, 2.24) is 0 Å². The molecule has 1 aromatic carbocycles. The summed E-state index contributed by atoms with van der Waals surface area (Å²) in [5, 5.41) is 11.2. The fourth-order valence-corrected chi connectivity index (χ4v) is 0.965. The monoisotopic (exact) mass is 271 g/mol. The van der Waals surface area contributed by atoms with Gasteiger partial charge in [-0.1, -0.05) is 11.6 Å². The molecule has 0 spiro atoms. The first-order valence-corrected chi connectivity index (χ1v) is 4.45. The molecule has 2 N–H and O–H groups in total. The largest absolute Gasteiger partial charge is 2.00 e. The molecule has 0 aromatic heterocycles. The van der Waals surface area contributed by atoms with Crippen LogP contribution >= 0.6 is 11.6 Å². The van der Waals surface area contributed by atoms with Gasteiger partial charge in [-0.15, -0.1) is 0 Å². The number of halogens is 1. The Morgan fingerprint density at radius 3 is 2.12 bits per heavy atom. The van der Waals surface area contributed by atoms with E-state index in [9.17, 15) is 9.90 Å². The molecular weight excluding hydrogens is 260 g/mol. The number of carboxylic acid groups (broad SMARTS) is 1. The van der Waals surface area contributed by atoms with E-state index in [1.165, 1.54) is 13.8 Å². The van der Waals surface area contributed by atoms with Crippen LogP contribution in [0.4, 0.5) is 0 Å². The minimum absolute atomic E-state index is 0. The molecule has 0 amide bonds. The standard InChI is InChI=1S/C10H11ClO3.Ca.H2O/c1-10(2,9(12)13)14-8-5-3-7(11)4-6-8;;/h3-6H,1-2H3,(H,12,13);;1H2/q;+2;/p-1. The SMILES string of the molecule is CC(C)(Oc1ccc(Cl)cc1)C(=O)[O-].O.[Ca+2]. The van der Waals surface area contributed by atoms with Crippen LogP contribution < -0.4 is 9.84 Å². The zero-order chi connectivity index (χ0) is 10.8. The van der Waals surface area contributed by atoms with Crippen LogP contribution in [0.3, 0.4) is 0 Å². The summed E-state index contributed by atoms with van der Waals surface area (Å²) in [5.41, 5.74) is -1.34. The van der Waals surface area contributed by atoms with Gasteiger partial charge in [0.05, 0.1) is 5.97 Å². The van der Waals surface area contributed by atoms with Gasteiger partial charge in [0.15, 0.2) is 0 Å². The van der Waals surface area contributed by atoms with Crippen LogP contribution in [0.1, 0.15) is 13.8 Å². The van der Waals surface area contributed by atoms with Crippen molar-refractivity contribution in [3.63, 3.8) is 0 Å². The first-order chi connectivity index (χ1) is 6.42. The second-order valence-electron chi connectivity index (χ2n) is 3.35. The van der Waals surface area contributed by atoms with Gasteiger partial charge in [-0.25, -0.2) is 0 Å². The van der Waals surface area contributed by atoms with E-state index in [4.69, 9.17) is 16.3 Å². The van der Waals surface area contributed by atoms with Gasteiger partial charge in [0, 0.05) is 5.02 Å². The smallest absolute Gasteiger partial charge is 0.546 e. The van der Waals surface area contributed by atoms with Gasteiger partial charge in [0.1, 0.15) is 11.4 Å². The van der Waals surface area contributed by atoms with Crippen molar-refractivity contribution in [2.75, 3.05) is 0 Å². The Morgan fingerprint density at radius 1 is 1.31 bits per heavy atom. The maximum absolute atomic E-state index is 10.6. The Kier molecular flexibility index (Phi) is 8.44. The molecule has 0 aliphatic heterocycles. The minimum Gasteiger partial charge on any atom is -0.546 e. The molecule has 6 heteroatoms. The summed E-state index contributed by atoms with van der Waals surface area (Å²) < 4.78 is 5.20. The number of hydrogen-bond donors (Lipinski definition) is 0. The molecule has 0 saturated carbocycles. The van der Waals surface area contributed by atoms with E-state index < -0.39 is 11.6 Å². The molecule has 16 heavy (non-hydrogen) atoms. The predicted octanol–water partition coefficient (Wildman–Crippen LogP) is 0.0418. The van der Waals surface area contributed by atoms with Gasteiger partial charge in [-0.2, -0.15) is 0 Å². The molecule has 0 aliphatic rings. The molecule has 0 heterocycles. The average Bonchev–Trinajstić information content (AvgIpc) is 2.08. The van der Waals surface area contributed by atoms with Crippen LogP contribution in [0.25, 0.3) is 0 Å². The van der Waals surface area contributed by atoms with Gasteiger partial charge in [0.2, 0.25) is 0 Å². The summed E-state index contributed by atoms with van der Waals surface area (Å²) in [6, 6.07) is 6.46. The first kappa shape index (κ1) is 18.4. The third-order valence-electron chi connectivity index (χ3n) is 1.68. The van der Waals surface area contributed by atoms with Gasteiger partial charge >= 0.3 is 37.7 Å². The van der Waals surface area contributed by atoms with E-state index in [1.54, 1.807) is 24.3 Å². The minimum atomic E-state index is -1.34. The molecule has 0 saturated heterocycles. The van der Waals surface area contributed by atoms with Crippen molar-refractivity contribution in [2.24, 2.45) is 0 Å². The second-order valence-corrected chi connectivity index (χ2v) is 3.79. The van der Waals surface area contributed by atoms with Crippen molar-refractivity contribution in [1.29, 1.82) is 0 Å². The Labute approximate surface area is 129 Å². The summed E-state index contributed by atoms with van der Waals surface area (Å²) in [5.74, 6) is -0.809. The normalized spacial score (nSPS) is 9.69. The van der Waals surface area contributed by atoms with Gasteiger partial charge in [0.25, 0.3) is 0 Å². The molecule has 4 nitrogen and oxygen atoms in total.